The Morgan fingerprint density at radius 3 is 3.06 bits per heavy atom. The molecule has 2 rings (SSSR count). The second-order valence-electron chi connectivity index (χ2n) is 4.01. The summed E-state index contributed by atoms with van der Waals surface area (Å²) in [6, 6.07) is 6.27. The molecule has 0 aliphatic heterocycles. The van der Waals surface area contributed by atoms with Gasteiger partial charge in [0.05, 0.1) is 17.9 Å². The van der Waals surface area contributed by atoms with Crippen LogP contribution in [-0.4, -0.2) is 15.8 Å². The zero-order valence-corrected chi connectivity index (χ0v) is 9.60. The fraction of sp³-hybridized carbons (Fsp3) is 0.250. The quantitative estimate of drug-likeness (QED) is 0.796. The predicted octanol–water partition coefficient (Wildman–Crippen LogP) is 2.10. The molecule has 0 radical (unpaired) electrons. The van der Waals surface area contributed by atoms with Crippen LogP contribution in [0.1, 0.15) is 6.92 Å². The first-order valence-electron chi connectivity index (χ1n) is 5.44. The minimum absolute atomic E-state index is 0.110. The van der Waals surface area contributed by atoms with Gasteiger partial charge in [-0.2, -0.15) is 5.10 Å². The first-order valence-corrected chi connectivity index (χ1v) is 5.44. The number of nitrogens with one attached hydrogen (secondary N) is 1. The molecule has 1 heterocycles. The molecule has 0 spiro atoms. The molecule has 0 saturated heterocycles. The van der Waals surface area contributed by atoms with Crippen LogP contribution in [0.4, 0.5) is 15.8 Å². The number of aromatic nitrogens is 2. The smallest absolute Gasteiger partial charge is 0.125 e. The summed E-state index contributed by atoms with van der Waals surface area (Å²) in [5, 5.41) is 7.27. The lowest BCUT2D eigenvalue weighted by Crippen LogP contribution is -2.22. The second kappa shape index (κ2) is 4.86. The number of nitrogens with two attached hydrogens (primary N) is 1. The number of hydrogen-bond donors (Lipinski definition) is 2. The minimum Gasteiger partial charge on any atom is -0.397 e. The molecule has 0 amide bonds. The SMILES string of the molecule is CC(Cn1cccn1)Nc1cc(F)ccc1N. The van der Waals surface area contributed by atoms with E-state index in [0.29, 0.717) is 17.9 Å². The van der Waals surface area contributed by atoms with E-state index in [1.807, 2.05) is 23.9 Å². The molecule has 0 saturated carbocycles. The third-order valence-corrected chi connectivity index (χ3v) is 2.44. The average molecular weight is 234 g/mol. The molecular formula is C12H15FN4. The zero-order valence-electron chi connectivity index (χ0n) is 9.60. The third kappa shape index (κ3) is 2.96. The highest BCUT2D eigenvalue weighted by molar-refractivity contribution is 5.66. The Labute approximate surface area is 99.2 Å². The Kier molecular flexibility index (Phi) is 3.27. The molecular weight excluding hydrogens is 219 g/mol. The maximum atomic E-state index is 13.1. The highest BCUT2D eigenvalue weighted by Crippen LogP contribution is 2.20. The average Bonchev–Trinajstić information content (AvgIpc) is 2.76. The van der Waals surface area contributed by atoms with Gasteiger partial charge in [-0.25, -0.2) is 4.39 Å². The second-order valence-corrected chi connectivity index (χ2v) is 4.01. The molecule has 2 aromatic rings. The summed E-state index contributed by atoms with van der Waals surface area (Å²) in [4.78, 5) is 0. The number of rotatable bonds is 4. The topological polar surface area (TPSA) is 55.9 Å². The van der Waals surface area contributed by atoms with Gasteiger partial charge in [0.15, 0.2) is 0 Å². The normalized spacial score (nSPS) is 12.4. The fourth-order valence-electron chi connectivity index (χ4n) is 1.65. The van der Waals surface area contributed by atoms with Crippen LogP contribution in [0.25, 0.3) is 0 Å². The summed E-state index contributed by atoms with van der Waals surface area (Å²) in [5.41, 5.74) is 6.92. The lowest BCUT2D eigenvalue weighted by atomic mass is 10.2. The Bertz CT molecular complexity index is 481. The van der Waals surface area contributed by atoms with E-state index < -0.39 is 0 Å². The highest BCUT2D eigenvalue weighted by Gasteiger charge is 2.06. The summed E-state index contributed by atoms with van der Waals surface area (Å²) in [6.07, 6.45) is 3.61. The monoisotopic (exact) mass is 234 g/mol. The Morgan fingerprint density at radius 1 is 1.53 bits per heavy atom. The molecule has 17 heavy (non-hydrogen) atoms. The minimum atomic E-state index is -0.298. The molecule has 1 unspecified atom stereocenters. The van der Waals surface area contributed by atoms with Crippen molar-refractivity contribution in [2.75, 3.05) is 11.1 Å². The Hall–Kier alpha value is -2.04. The van der Waals surface area contributed by atoms with E-state index >= 15 is 0 Å². The molecule has 0 aliphatic carbocycles. The fourth-order valence-corrected chi connectivity index (χ4v) is 1.65. The first-order chi connectivity index (χ1) is 8.15. The van der Waals surface area contributed by atoms with Crippen molar-refractivity contribution in [1.82, 2.24) is 9.78 Å². The van der Waals surface area contributed by atoms with Crippen LogP contribution in [0.15, 0.2) is 36.7 Å². The molecule has 0 bridgehead atoms. The molecule has 90 valence electrons. The van der Waals surface area contributed by atoms with Gasteiger partial charge in [-0.15, -0.1) is 0 Å². The maximum absolute atomic E-state index is 13.1. The number of nitrogens with zero attached hydrogens (tertiary/aromatic N) is 2. The van der Waals surface area contributed by atoms with Gasteiger partial charge in [-0.3, -0.25) is 4.68 Å². The van der Waals surface area contributed by atoms with Crippen molar-refractivity contribution >= 4 is 11.4 Å². The predicted molar refractivity (Wildman–Crippen MR) is 66.1 cm³/mol. The Morgan fingerprint density at radius 2 is 2.35 bits per heavy atom. The van der Waals surface area contributed by atoms with E-state index in [9.17, 15) is 4.39 Å². The first kappa shape index (κ1) is 11.4. The molecule has 0 fully saturated rings. The van der Waals surface area contributed by atoms with Gasteiger partial charge >= 0.3 is 0 Å². The molecule has 1 aromatic heterocycles. The lowest BCUT2D eigenvalue weighted by Gasteiger charge is -2.16. The van der Waals surface area contributed by atoms with Gasteiger partial charge in [-0.1, -0.05) is 0 Å². The van der Waals surface area contributed by atoms with Crippen LogP contribution in [0.3, 0.4) is 0 Å². The van der Waals surface area contributed by atoms with Crippen molar-refractivity contribution in [3.05, 3.63) is 42.5 Å². The number of hydrogen-bond acceptors (Lipinski definition) is 3. The van der Waals surface area contributed by atoms with Gasteiger partial charge in [0.25, 0.3) is 0 Å². The summed E-state index contributed by atoms with van der Waals surface area (Å²) in [5.74, 6) is -0.298. The van der Waals surface area contributed by atoms with E-state index in [1.54, 1.807) is 12.3 Å². The van der Waals surface area contributed by atoms with Gasteiger partial charge in [0.2, 0.25) is 0 Å². The van der Waals surface area contributed by atoms with Gasteiger partial charge in [0, 0.05) is 18.4 Å². The third-order valence-electron chi connectivity index (χ3n) is 2.44. The van der Waals surface area contributed by atoms with Crippen molar-refractivity contribution in [1.29, 1.82) is 0 Å². The molecule has 0 aliphatic rings. The van der Waals surface area contributed by atoms with Crippen LogP contribution < -0.4 is 11.1 Å². The number of halogens is 1. The van der Waals surface area contributed by atoms with Crippen LogP contribution in [-0.2, 0) is 6.54 Å². The number of anilines is 2. The van der Waals surface area contributed by atoms with E-state index in [4.69, 9.17) is 5.73 Å². The van der Waals surface area contributed by atoms with Crippen LogP contribution >= 0.6 is 0 Å². The van der Waals surface area contributed by atoms with Crippen LogP contribution in [0, 0.1) is 5.82 Å². The number of nitrogen functional groups attached to an aromatic ring is 1. The van der Waals surface area contributed by atoms with E-state index in [-0.39, 0.29) is 11.9 Å². The molecule has 1 aromatic carbocycles. The van der Waals surface area contributed by atoms with Crippen molar-refractivity contribution < 1.29 is 4.39 Å². The largest absolute Gasteiger partial charge is 0.397 e. The van der Waals surface area contributed by atoms with Gasteiger partial charge in [0.1, 0.15) is 5.82 Å². The summed E-state index contributed by atoms with van der Waals surface area (Å²) in [6.45, 7) is 2.69. The highest BCUT2D eigenvalue weighted by atomic mass is 19.1. The van der Waals surface area contributed by atoms with E-state index in [1.165, 1.54) is 12.1 Å². The standard InChI is InChI=1S/C12H15FN4/c1-9(8-17-6-2-5-15-17)16-12-7-10(13)3-4-11(12)14/h2-7,9,16H,8,14H2,1H3. The van der Waals surface area contributed by atoms with Crippen molar-refractivity contribution in [3.63, 3.8) is 0 Å². The Balaban J connectivity index is 2.02. The summed E-state index contributed by atoms with van der Waals surface area (Å²) < 4.78 is 14.9. The van der Waals surface area contributed by atoms with Crippen molar-refractivity contribution in [3.8, 4) is 0 Å². The van der Waals surface area contributed by atoms with Gasteiger partial charge < -0.3 is 11.1 Å². The molecule has 5 heteroatoms. The van der Waals surface area contributed by atoms with Crippen molar-refractivity contribution in [2.45, 2.75) is 19.5 Å². The lowest BCUT2D eigenvalue weighted by molar-refractivity contribution is 0.560. The van der Waals surface area contributed by atoms with Crippen molar-refractivity contribution in [2.24, 2.45) is 0 Å². The van der Waals surface area contributed by atoms with E-state index in [0.717, 1.165) is 0 Å². The van der Waals surface area contributed by atoms with Crippen LogP contribution in [0.5, 0.6) is 0 Å². The van der Waals surface area contributed by atoms with E-state index in [2.05, 4.69) is 10.4 Å². The van der Waals surface area contributed by atoms with Crippen LogP contribution in [0.2, 0.25) is 0 Å². The molecule has 3 N–H and O–H groups in total. The molecule has 4 nitrogen and oxygen atoms in total. The maximum Gasteiger partial charge on any atom is 0.125 e. The number of benzene rings is 1. The summed E-state index contributed by atoms with van der Waals surface area (Å²) >= 11 is 0. The zero-order chi connectivity index (χ0) is 12.3. The molecule has 1 atom stereocenters. The summed E-state index contributed by atoms with van der Waals surface area (Å²) in [7, 11) is 0. The van der Waals surface area contributed by atoms with Gasteiger partial charge in [-0.05, 0) is 31.2 Å².